The Morgan fingerprint density at radius 2 is 1.63 bits per heavy atom. The van der Waals surface area contributed by atoms with E-state index < -0.39 is 29.5 Å². The van der Waals surface area contributed by atoms with Gasteiger partial charge in [-0.1, -0.05) is 11.6 Å². The number of carbonyl (C=O) groups excluding carboxylic acids is 3. The molecule has 1 heterocycles. The van der Waals surface area contributed by atoms with E-state index in [1.165, 1.54) is 0 Å². The number of hydrogen-bond acceptors (Lipinski definition) is 3. The van der Waals surface area contributed by atoms with Crippen molar-refractivity contribution < 1.29 is 27.6 Å². The van der Waals surface area contributed by atoms with Crippen LogP contribution in [0.15, 0.2) is 42.5 Å². The fraction of sp³-hybridized carbons (Fsp3) is 0.211. The highest BCUT2D eigenvalue weighted by Gasteiger charge is 2.35. The summed E-state index contributed by atoms with van der Waals surface area (Å²) in [6.45, 7) is 1.69. The van der Waals surface area contributed by atoms with Crippen molar-refractivity contribution in [2.24, 2.45) is 0 Å². The monoisotopic (exact) mass is 376 g/mol. The van der Waals surface area contributed by atoms with Crippen LogP contribution in [0.1, 0.15) is 38.3 Å². The van der Waals surface area contributed by atoms with E-state index in [9.17, 15) is 27.6 Å². The minimum Gasteiger partial charge on any atom is -0.326 e. The molecule has 0 radical (unpaired) electrons. The normalized spacial score (nSPS) is 13.7. The van der Waals surface area contributed by atoms with Crippen LogP contribution in [-0.4, -0.2) is 29.2 Å². The summed E-state index contributed by atoms with van der Waals surface area (Å²) in [7, 11) is 0. The third-order valence-electron chi connectivity index (χ3n) is 4.18. The van der Waals surface area contributed by atoms with Crippen molar-refractivity contribution in [3.05, 3.63) is 64.7 Å². The molecule has 140 valence electrons. The molecule has 2 aromatic rings. The van der Waals surface area contributed by atoms with E-state index in [0.717, 1.165) is 34.7 Å². The Hall–Kier alpha value is -3.16. The summed E-state index contributed by atoms with van der Waals surface area (Å²) in [4.78, 5) is 37.6. The molecule has 0 saturated heterocycles. The maximum atomic E-state index is 12.5. The summed E-state index contributed by atoms with van der Waals surface area (Å²) < 4.78 is 37.6. The largest absolute Gasteiger partial charge is 0.416 e. The summed E-state index contributed by atoms with van der Waals surface area (Å²) in [5.41, 5.74) is 0.835. The van der Waals surface area contributed by atoms with Crippen molar-refractivity contribution in [2.45, 2.75) is 19.5 Å². The highest BCUT2D eigenvalue weighted by molar-refractivity contribution is 6.21. The van der Waals surface area contributed by atoms with Crippen molar-refractivity contribution in [2.75, 3.05) is 11.9 Å². The first-order valence-electron chi connectivity index (χ1n) is 8.11. The minimum atomic E-state index is -4.45. The first kappa shape index (κ1) is 18.6. The van der Waals surface area contributed by atoms with Crippen LogP contribution in [0.2, 0.25) is 0 Å². The van der Waals surface area contributed by atoms with Gasteiger partial charge in [0.1, 0.15) is 0 Å². The predicted octanol–water partition coefficient (Wildman–Crippen LogP) is 3.64. The second-order valence-corrected chi connectivity index (χ2v) is 6.18. The number of rotatable bonds is 4. The molecular weight excluding hydrogens is 361 g/mol. The number of benzene rings is 2. The average Bonchev–Trinajstić information content (AvgIpc) is 2.83. The quantitative estimate of drug-likeness (QED) is 0.829. The number of halogens is 3. The minimum absolute atomic E-state index is 0.113. The lowest BCUT2D eigenvalue weighted by Crippen LogP contribution is -2.32. The Morgan fingerprint density at radius 1 is 1.00 bits per heavy atom. The number of anilines is 1. The third kappa shape index (κ3) is 3.84. The van der Waals surface area contributed by atoms with Crippen LogP contribution in [0.25, 0.3) is 0 Å². The molecule has 5 nitrogen and oxygen atoms in total. The van der Waals surface area contributed by atoms with E-state index in [4.69, 9.17) is 0 Å². The molecule has 27 heavy (non-hydrogen) atoms. The predicted molar refractivity (Wildman–Crippen MR) is 91.2 cm³/mol. The Kier molecular flexibility index (Phi) is 4.73. The molecule has 0 bridgehead atoms. The van der Waals surface area contributed by atoms with E-state index in [-0.39, 0.29) is 18.7 Å². The van der Waals surface area contributed by atoms with Crippen LogP contribution in [0.4, 0.5) is 18.9 Å². The first-order chi connectivity index (χ1) is 12.7. The Labute approximate surface area is 152 Å². The number of hydrogen-bond donors (Lipinski definition) is 1. The first-order valence-corrected chi connectivity index (χ1v) is 8.11. The lowest BCUT2D eigenvalue weighted by atomic mass is 10.1. The Morgan fingerprint density at radius 3 is 2.26 bits per heavy atom. The number of amides is 3. The molecule has 3 amide bonds. The smallest absolute Gasteiger partial charge is 0.326 e. The van der Waals surface area contributed by atoms with Gasteiger partial charge in [-0.25, -0.2) is 0 Å². The van der Waals surface area contributed by atoms with E-state index in [1.807, 2.05) is 0 Å². The molecule has 0 fully saturated rings. The summed E-state index contributed by atoms with van der Waals surface area (Å²) in [5.74, 6) is -1.43. The summed E-state index contributed by atoms with van der Waals surface area (Å²) in [5, 5.41) is 2.45. The zero-order chi connectivity index (χ0) is 19.8. The van der Waals surface area contributed by atoms with Gasteiger partial charge in [0.15, 0.2) is 0 Å². The maximum Gasteiger partial charge on any atom is 0.416 e. The number of alkyl halides is 3. The molecule has 0 aromatic heterocycles. The number of carbonyl (C=O) groups is 3. The molecule has 2 aromatic carbocycles. The highest BCUT2D eigenvalue weighted by atomic mass is 19.4. The van der Waals surface area contributed by atoms with Crippen molar-refractivity contribution in [3.8, 4) is 0 Å². The van der Waals surface area contributed by atoms with Crippen LogP contribution in [0.3, 0.4) is 0 Å². The summed E-state index contributed by atoms with van der Waals surface area (Å²) in [6.07, 6.45) is -4.61. The van der Waals surface area contributed by atoms with Crippen LogP contribution in [0.5, 0.6) is 0 Å². The number of nitrogens with one attached hydrogen (secondary N) is 1. The number of imide groups is 1. The molecule has 3 rings (SSSR count). The third-order valence-corrected chi connectivity index (χ3v) is 4.18. The second kappa shape index (κ2) is 6.86. The summed E-state index contributed by atoms with van der Waals surface area (Å²) in [6, 6.07) is 8.94. The molecule has 8 heteroatoms. The highest BCUT2D eigenvalue weighted by Crippen LogP contribution is 2.30. The number of nitrogens with zero attached hydrogens (tertiary/aromatic N) is 1. The molecule has 0 atom stereocenters. The molecule has 0 saturated carbocycles. The zero-order valence-electron chi connectivity index (χ0n) is 14.3. The molecule has 1 aliphatic heterocycles. The van der Waals surface area contributed by atoms with Crippen LogP contribution >= 0.6 is 0 Å². The van der Waals surface area contributed by atoms with Gasteiger partial charge in [0.05, 0.1) is 16.7 Å². The Bertz CT molecular complexity index is 921. The standard InChI is InChI=1S/C19H15F3N2O3/c1-11-2-7-14-15(10-11)18(27)24(17(14)26)9-8-16(25)23-13-5-3-12(4-6-13)19(20,21)22/h2-7,10H,8-9H2,1H3,(H,23,25). The molecular formula is C19H15F3N2O3. The number of aryl methyl sites for hydroxylation is 1. The SMILES string of the molecule is Cc1ccc2c(c1)C(=O)N(CCC(=O)Nc1ccc(C(F)(F)F)cc1)C2=O. The van der Waals surface area contributed by atoms with E-state index in [1.54, 1.807) is 25.1 Å². The lowest BCUT2D eigenvalue weighted by molar-refractivity contribution is -0.137. The average molecular weight is 376 g/mol. The van der Waals surface area contributed by atoms with Crippen LogP contribution in [-0.2, 0) is 11.0 Å². The topological polar surface area (TPSA) is 66.5 Å². The van der Waals surface area contributed by atoms with Gasteiger partial charge in [-0.3, -0.25) is 19.3 Å². The molecule has 1 aliphatic rings. The van der Waals surface area contributed by atoms with Crippen LogP contribution < -0.4 is 5.32 Å². The molecule has 0 spiro atoms. The van der Waals surface area contributed by atoms with Gasteiger partial charge in [-0.05, 0) is 43.3 Å². The zero-order valence-corrected chi connectivity index (χ0v) is 14.3. The molecule has 0 unspecified atom stereocenters. The maximum absolute atomic E-state index is 12.5. The van der Waals surface area contributed by atoms with Gasteiger partial charge in [0, 0.05) is 18.7 Å². The van der Waals surface area contributed by atoms with Crippen molar-refractivity contribution >= 4 is 23.4 Å². The van der Waals surface area contributed by atoms with Crippen LogP contribution in [0, 0.1) is 6.92 Å². The second-order valence-electron chi connectivity index (χ2n) is 6.18. The van der Waals surface area contributed by atoms with Gasteiger partial charge in [-0.15, -0.1) is 0 Å². The lowest BCUT2D eigenvalue weighted by Gasteiger charge is -2.13. The van der Waals surface area contributed by atoms with Gasteiger partial charge in [0.2, 0.25) is 5.91 Å². The van der Waals surface area contributed by atoms with E-state index in [0.29, 0.717) is 11.1 Å². The van der Waals surface area contributed by atoms with Gasteiger partial charge < -0.3 is 5.32 Å². The van der Waals surface area contributed by atoms with E-state index >= 15 is 0 Å². The van der Waals surface area contributed by atoms with E-state index in [2.05, 4.69) is 5.32 Å². The Balaban J connectivity index is 1.60. The van der Waals surface area contributed by atoms with Crippen molar-refractivity contribution in [1.29, 1.82) is 0 Å². The molecule has 1 N–H and O–H groups in total. The fourth-order valence-corrected chi connectivity index (χ4v) is 2.79. The van der Waals surface area contributed by atoms with Crippen molar-refractivity contribution in [3.63, 3.8) is 0 Å². The van der Waals surface area contributed by atoms with Gasteiger partial charge in [0.25, 0.3) is 11.8 Å². The molecule has 0 aliphatic carbocycles. The van der Waals surface area contributed by atoms with Gasteiger partial charge >= 0.3 is 6.18 Å². The van der Waals surface area contributed by atoms with Gasteiger partial charge in [-0.2, -0.15) is 13.2 Å². The fourth-order valence-electron chi connectivity index (χ4n) is 2.79. The number of fused-ring (bicyclic) bond motifs is 1. The summed E-state index contributed by atoms with van der Waals surface area (Å²) >= 11 is 0. The van der Waals surface area contributed by atoms with Crippen molar-refractivity contribution in [1.82, 2.24) is 4.90 Å².